The van der Waals surface area contributed by atoms with Gasteiger partial charge < -0.3 is 5.32 Å². The first kappa shape index (κ1) is 12.8. The normalized spacial score (nSPS) is 17.8. The highest BCUT2D eigenvalue weighted by Crippen LogP contribution is 2.22. The van der Waals surface area contributed by atoms with Crippen molar-refractivity contribution in [2.75, 3.05) is 0 Å². The lowest BCUT2D eigenvalue weighted by molar-refractivity contribution is 0.0937. The predicted molar refractivity (Wildman–Crippen MR) is 81.3 cm³/mol. The number of fused-ring (bicyclic) bond motifs is 1. The molecular formula is C15H15NOS2. The molecule has 4 heteroatoms. The second kappa shape index (κ2) is 5.39. The second-order valence-corrected chi connectivity index (χ2v) is 6.28. The number of hydrogen-bond acceptors (Lipinski definition) is 3. The molecule has 1 amide bonds. The molecule has 0 aliphatic heterocycles. The van der Waals surface area contributed by atoms with Gasteiger partial charge in [0, 0.05) is 16.3 Å². The summed E-state index contributed by atoms with van der Waals surface area (Å²) >= 11 is 5.68. The standard InChI is InChI=1S/C15H15NOS2/c17-15(14-8-13(18)9-19-14)16-12-6-5-10-3-1-2-4-11(10)7-12/h1-4,8-9,12,18H,5-7H2,(H,16,17). The van der Waals surface area contributed by atoms with E-state index < -0.39 is 0 Å². The third-order valence-electron chi connectivity index (χ3n) is 3.49. The van der Waals surface area contributed by atoms with Crippen LogP contribution < -0.4 is 5.32 Å². The van der Waals surface area contributed by atoms with Gasteiger partial charge in [-0.1, -0.05) is 24.3 Å². The van der Waals surface area contributed by atoms with Crippen molar-refractivity contribution in [3.8, 4) is 0 Å². The molecule has 1 N–H and O–H groups in total. The molecule has 1 heterocycles. The Bertz CT molecular complexity index is 606. The molecule has 2 aromatic rings. The van der Waals surface area contributed by atoms with Crippen molar-refractivity contribution in [1.82, 2.24) is 5.32 Å². The van der Waals surface area contributed by atoms with Crippen molar-refractivity contribution in [2.45, 2.75) is 30.2 Å². The van der Waals surface area contributed by atoms with E-state index in [0.717, 1.165) is 29.0 Å². The van der Waals surface area contributed by atoms with Gasteiger partial charge in [0.2, 0.25) is 0 Å². The van der Waals surface area contributed by atoms with E-state index in [1.807, 2.05) is 11.4 Å². The van der Waals surface area contributed by atoms with Crippen LogP contribution in [0.5, 0.6) is 0 Å². The highest BCUT2D eigenvalue weighted by atomic mass is 32.1. The zero-order valence-electron chi connectivity index (χ0n) is 10.4. The minimum Gasteiger partial charge on any atom is -0.348 e. The maximum Gasteiger partial charge on any atom is 0.261 e. The Hall–Kier alpha value is -1.26. The number of thiophene rings is 1. The van der Waals surface area contributed by atoms with E-state index in [1.165, 1.54) is 22.5 Å². The first-order valence-corrected chi connectivity index (χ1v) is 7.70. The van der Waals surface area contributed by atoms with Gasteiger partial charge in [0.05, 0.1) is 4.88 Å². The van der Waals surface area contributed by atoms with Gasteiger partial charge in [-0.2, -0.15) is 0 Å². The number of thiol groups is 1. The molecular weight excluding hydrogens is 274 g/mol. The molecule has 98 valence electrons. The summed E-state index contributed by atoms with van der Waals surface area (Å²) in [4.78, 5) is 13.7. The van der Waals surface area contributed by atoms with Gasteiger partial charge >= 0.3 is 0 Å². The zero-order valence-corrected chi connectivity index (χ0v) is 12.1. The van der Waals surface area contributed by atoms with E-state index in [9.17, 15) is 4.79 Å². The van der Waals surface area contributed by atoms with E-state index in [1.54, 1.807) is 0 Å². The van der Waals surface area contributed by atoms with Crippen LogP contribution in [0.4, 0.5) is 0 Å². The SMILES string of the molecule is O=C(NC1CCc2ccccc2C1)c1cc(S)cs1. The number of carbonyl (C=O) groups is 1. The molecule has 1 aromatic carbocycles. The number of benzene rings is 1. The topological polar surface area (TPSA) is 29.1 Å². The fraction of sp³-hybridized carbons (Fsp3) is 0.267. The number of nitrogens with one attached hydrogen (secondary N) is 1. The monoisotopic (exact) mass is 289 g/mol. The molecule has 0 saturated carbocycles. The zero-order chi connectivity index (χ0) is 13.2. The number of hydrogen-bond donors (Lipinski definition) is 2. The Morgan fingerprint density at radius 3 is 2.84 bits per heavy atom. The molecule has 1 unspecified atom stereocenters. The largest absolute Gasteiger partial charge is 0.348 e. The summed E-state index contributed by atoms with van der Waals surface area (Å²) in [5.74, 6) is 0.0229. The second-order valence-electron chi connectivity index (χ2n) is 4.85. The van der Waals surface area contributed by atoms with Gasteiger partial charge in [-0.3, -0.25) is 4.79 Å². The summed E-state index contributed by atoms with van der Waals surface area (Å²) in [5.41, 5.74) is 2.78. The number of aryl methyl sites for hydroxylation is 1. The quantitative estimate of drug-likeness (QED) is 0.816. The minimum atomic E-state index is 0.0229. The minimum absolute atomic E-state index is 0.0229. The lowest BCUT2D eigenvalue weighted by Crippen LogP contribution is -2.38. The van der Waals surface area contributed by atoms with Gasteiger partial charge in [-0.05, 0) is 36.5 Å². The van der Waals surface area contributed by atoms with Crippen LogP contribution in [0.15, 0.2) is 40.6 Å². The van der Waals surface area contributed by atoms with Crippen LogP contribution >= 0.6 is 24.0 Å². The fourth-order valence-electron chi connectivity index (χ4n) is 2.52. The molecule has 1 atom stereocenters. The summed E-state index contributed by atoms with van der Waals surface area (Å²) in [5, 5.41) is 5.01. The highest BCUT2D eigenvalue weighted by Gasteiger charge is 2.20. The molecule has 0 spiro atoms. The van der Waals surface area contributed by atoms with Crippen molar-refractivity contribution in [1.29, 1.82) is 0 Å². The molecule has 0 bridgehead atoms. The van der Waals surface area contributed by atoms with Crippen LogP contribution in [0.2, 0.25) is 0 Å². The number of rotatable bonds is 2. The summed E-state index contributed by atoms with van der Waals surface area (Å²) in [6, 6.07) is 10.5. The summed E-state index contributed by atoms with van der Waals surface area (Å²) in [6.45, 7) is 0. The average molecular weight is 289 g/mol. The van der Waals surface area contributed by atoms with E-state index in [2.05, 4.69) is 42.2 Å². The van der Waals surface area contributed by atoms with Crippen molar-refractivity contribution in [3.05, 3.63) is 51.7 Å². The predicted octanol–water partition coefficient (Wildman–Crippen LogP) is 3.32. The molecule has 3 rings (SSSR count). The molecule has 2 nitrogen and oxygen atoms in total. The maximum absolute atomic E-state index is 12.1. The Labute approximate surface area is 122 Å². The Kier molecular flexibility index (Phi) is 3.62. The van der Waals surface area contributed by atoms with Crippen LogP contribution in [-0.2, 0) is 12.8 Å². The third-order valence-corrected chi connectivity index (χ3v) is 4.85. The molecule has 0 fully saturated rings. The maximum atomic E-state index is 12.1. The van der Waals surface area contributed by atoms with Crippen LogP contribution in [0, 0.1) is 0 Å². The van der Waals surface area contributed by atoms with E-state index >= 15 is 0 Å². The first-order chi connectivity index (χ1) is 9.22. The first-order valence-electron chi connectivity index (χ1n) is 6.37. The van der Waals surface area contributed by atoms with Gasteiger partial charge in [0.1, 0.15) is 0 Å². The summed E-state index contributed by atoms with van der Waals surface area (Å²) in [7, 11) is 0. The number of amides is 1. The molecule has 0 saturated heterocycles. The highest BCUT2D eigenvalue weighted by molar-refractivity contribution is 7.80. The number of carbonyl (C=O) groups excluding carboxylic acids is 1. The van der Waals surface area contributed by atoms with Gasteiger partial charge in [0.15, 0.2) is 0 Å². The Morgan fingerprint density at radius 2 is 2.11 bits per heavy atom. The lowest BCUT2D eigenvalue weighted by Gasteiger charge is -2.25. The third kappa shape index (κ3) is 2.85. The summed E-state index contributed by atoms with van der Waals surface area (Å²) < 4.78 is 0. The molecule has 1 aliphatic carbocycles. The van der Waals surface area contributed by atoms with Gasteiger partial charge in [-0.15, -0.1) is 24.0 Å². The van der Waals surface area contributed by atoms with Crippen molar-refractivity contribution in [3.63, 3.8) is 0 Å². The van der Waals surface area contributed by atoms with Crippen LogP contribution in [0.3, 0.4) is 0 Å². The molecule has 0 radical (unpaired) electrons. The smallest absolute Gasteiger partial charge is 0.261 e. The van der Waals surface area contributed by atoms with Crippen molar-refractivity contribution in [2.24, 2.45) is 0 Å². The summed E-state index contributed by atoms with van der Waals surface area (Å²) in [6.07, 6.45) is 2.99. The van der Waals surface area contributed by atoms with Gasteiger partial charge in [0.25, 0.3) is 5.91 Å². The van der Waals surface area contributed by atoms with E-state index in [4.69, 9.17) is 0 Å². The average Bonchev–Trinajstić information content (AvgIpc) is 2.85. The Balaban J connectivity index is 1.68. The fourth-order valence-corrected chi connectivity index (χ4v) is 3.57. The Morgan fingerprint density at radius 1 is 1.32 bits per heavy atom. The van der Waals surface area contributed by atoms with Gasteiger partial charge in [-0.25, -0.2) is 0 Å². The molecule has 19 heavy (non-hydrogen) atoms. The van der Waals surface area contributed by atoms with Crippen LogP contribution in [-0.4, -0.2) is 11.9 Å². The van der Waals surface area contributed by atoms with E-state index in [-0.39, 0.29) is 11.9 Å². The molecule has 1 aromatic heterocycles. The van der Waals surface area contributed by atoms with Crippen LogP contribution in [0.1, 0.15) is 27.2 Å². The van der Waals surface area contributed by atoms with Crippen LogP contribution in [0.25, 0.3) is 0 Å². The molecule has 1 aliphatic rings. The van der Waals surface area contributed by atoms with Crippen molar-refractivity contribution < 1.29 is 4.79 Å². The lowest BCUT2D eigenvalue weighted by atomic mass is 9.88. The van der Waals surface area contributed by atoms with Crippen molar-refractivity contribution >= 4 is 29.9 Å². The van der Waals surface area contributed by atoms with E-state index in [0.29, 0.717) is 0 Å².